The molecule has 5 rings (SSSR count). The number of nitrogens with one attached hydrogen (secondary N) is 2. The topological polar surface area (TPSA) is 147 Å². The lowest BCUT2D eigenvalue weighted by molar-refractivity contribution is -0.192. The molecule has 0 atom stereocenters. The Labute approximate surface area is 234 Å². The Morgan fingerprint density at radius 2 is 1.85 bits per heavy atom. The molecular weight excluding hydrogens is 541 g/mol. The number of alkyl halides is 3. The van der Waals surface area contributed by atoms with E-state index in [2.05, 4.69) is 51.1 Å². The van der Waals surface area contributed by atoms with E-state index in [1.807, 2.05) is 24.5 Å². The summed E-state index contributed by atoms with van der Waals surface area (Å²) in [5.74, 6) is -1.28. The van der Waals surface area contributed by atoms with Crippen molar-refractivity contribution in [3.05, 3.63) is 60.3 Å². The van der Waals surface area contributed by atoms with Crippen molar-refractivity contribution in [2.75, 3.05) is 28.6 Å². The largest absolute Gasteiger partial charge is 0.490 e. The Bertz CT molecular complexity index is 1430. The molecule has 0 radical (unpaired) electrons. The average molecular weight is 575 g/mol. The first kappa shape index (κ1) is 29.6. The summed E-state index contributed by atoms with van der Waals surface area (Å²) in [6.45, 7) is 7.31. The van der Waals surface area contributed by atoms with Crippen LogP contribution in [-0.2, 0) is 17.9 Å². The number of aromatic nitrogens is 4. The zero-order valence-electron chi connectivity index (χ0n) is 22.7. The molecule has 0 spiro atoms. The lowest BCUT2D eigenvalue weighted by Gasteiger charge is -2.30. The van der Waals surface area contributed by atoms with E-state index in [1.165, 1.54) is 0 Å². The SMILES string of the molecule is CC(C)n1cnc2c(NCc3ccccc3NCc3ccoc3)nc(N3CCC(N)CC3)nc21.O=C(O)C(F)(F)F. The van der Waals surface area contributed by atoms with E-state index in [-0.39, 0.29) is 12.1 Å². The molecule has 14 heteroatoms. The number of para-hydroxylation sites is 1. The van der Waals surface area contributed by atoms with Gasteiger partial charge in [0, 0.05) is 49.5 Å². The maximum absolute atomic E-state index is 10.6. The number of piperidine rings is 1. The Balaban J connectivity index is 0.000000493. The number of carboxylic acids is 1. The normalized spacial score (nSPS) is 14.2. The van der Waals surface area contributed by atoms with Gasteiger partial charge in [-0.2, -0.15) is 23.1 Å². The van der Waals surface area contributed by atoms with E-state index in [4.69, 9.17) is 30.0 Å². The third-order valence-electron chi connectivity index (χ3n) is 6.56. The van der Waals surface area contributed by atoms with E-state index in [1.54, 1.807) is 12.5 Å². The van der Waals surface area contributed by atoms with Gasteiger partial charge in [-0.3, -0.25) is 0 Å². The fourth-order valence-corrected chi connectivity index (χ4v) is 4.26. The Kier molecular flexibility index (Phi) is 9.32. The minimum absolute atomic E-state index is 0.253. The van der Waals surface area contributed by atoms with E-state index in [0.717, 1.165) is 65.7 Å². The molecule has 0 aliphatic carbocycles. The van der Waals surface area contributed by atoms with Gasteiger partial charge in [0.2, 0.25) is 5.95 Å². The van der Waals surface area contributed by atoms with E-state index >= 15 is 0 Å². The van der Waals surface area contributed by atoms with Gasteiger partial charge in [0.15, 0.2) is 17.0 Å². The van der Waals surface area contributed by atoms with Crippen molar-refractivity contribution in [1.29, 1.82) is 0 Å². The van der Waals surface area contributed by atoms with Crippen molar-refractivity contribution < 1.29 is 27.5 Å². The number of aliphatic carboxylic acids is 1. The second kappa shape index (κ2) is 12.9. The van der Waals surface area contributed by atoms with Gasteiger partial charge < -0.3 is 35.4 Å². The number of rotatable bonds is 8. The summed E-state index contributed by atoms with van der Waals surface area (Å²) in [6, 6.07) is 10.8. The predicted molar refractivity (Wildman–Crippen MR) is 149 cm³/mol. The smallest absolute Gasteiger partial charge is 0.475 e. The van der Waals surface area contributed by atoms with Gasteiger partial charge in [0.25, 0.3) is 0 Å². The minimum Gasteiger partial charge on any atom is -0.475 e. The number of nitrogens with zero attached hydrogens (tertiary/aromatic N) is 5. The van der Waals surface area contributed by atoms with Gasteiger partial charge in [-0.15, -0.1) is 0 Å². The number of carbonyl (C=O) groups is 1. The van der Waals surface area contributed by atoms with Crippen LogP contribution in [-0.4, -0.2) is 55.9 Å². The molecule has 220 valence electrons. The minimum atomic E-state index is -5.08. The van der Waals surface area contributed by atoms with Gasteiger partial charge in [-0.05, 0) is 44.4 Å². The monoisotopic (exact) mass is 574 g/mol. The Morgan fingerprint density at radius 1 is 1.15 bits per heavy atom. The number of benzene rings is 1. The van der Waals surface area contributed by atoms with E-state index in [0.29, 0.717) is 13.1 Å². The quantitative estimate of drug-likeness (QED) is 0.232. The number of nitrogens with two attached hydrogens (primary N) is 1. The summed E-state index contributed by atoms with van der Waals surface area (Å²) >= 11 is 0. The Hall–Kier alpha value is -4.33. The molecule has 1 fully saturated rings. The molecule has 0 saturated carbocycles. The van der Waals surface area contributed by atoms with Gasteiger partial charge in [-0.25, -0.2) is 9.78 Å². The molecule has 1 aliphatic heterocycles. The third-order valence-corrected chi connectivity index (χ3v) is 6.56. The van der Waals surface area contributed by atoms with Crippen LogP contribution in [0.4, 0.5) is 30.6 Å². The number of fused-ring (bicyclic) bond motifs is 1. The molecule has 0 bridgehead atoms. The molecule has 4 heterocycles. The average Bonchev–Trinajstić information content (AvgIpc) is 3.61. The standard InChI is InChI=1S/C25H32N8O.C2HF3O2/c1-17(2)33-16-29-22-23(30-25(31-24(22)33)32-10-7-20(26)8-11-32)28-14-19-5-3-4-6-21(19)27-13-18-9-12-34-15-18;3-2(4,5)1(6)7/h3-6,9,12,15-17,20,27H,7-8,10-11,13-14,26H2,1-2H3,(H,28,30,31);(H,6,7). The molecule has 4 aromatic rings. The van der Waals surface area contributed by atoms with Crippen LogP contribution < -0.4 is 21.3 Å². The van der Waals surface area contributed by atoms with Gasteiger partial charge in [0.05, 0.1) is 18.9 Å². The number of hydrogen-bond donors (Lipinski definition) is 4. The molecule has 41 heavy (non-hydrogen) atoms. The van der Waals surface area contributed by atoms with Crippen LogP contribution >= 0.6 is 0 Å². The van der Waals surface area contributed by atoms with Crippen LogP contribution in [0.2, 0.25) is 0 Å². The molecule has 1 aromatic carbocycles. The molecule has 0 amide bonds. The van der Waals surface area contributed by atoms with Crippen molar-refractivity contribution in [2.45, 2.75) is 58.0 Å². The van der Waals surface area contributed by atoms with Crippen molar-refractivity contribution >= 4 is 34.6 Å². The maximum atomic E-state index is 10.6. The van der Waals surface area contributed by atoms with Crippen molar-refractivity contribution in [3.63, 3.8) is 0 Å². The summed E-state index contributed by atoms with van der Waals surface area (Å²) in [4.78, 5) is 25.6. The number of carboxylic acid groups (broad SMARTS) is 1. The number of anilines is 3. The van der Waals surface area contributed by atoms with Gasteiger partial charge in [-0.1, -0.05) is 18.2 Å². The highest BCUT2D eigenvalue weighted by Crippen LogP contribution is 2.27. The lowest BCUT2D eigenvalue weighted by Crippen LogP contribution is -2.40. The van der Waals surface area contributed by atoms with Gasteiger partial charge in [0.1, 0.15) is 0 Å². The highest BCUT2D eigenvalue weighted by atomic mass is 19.4. The third kappa shape index (κ3) is 7.66. The summed E-state index contributed by atoms with van der Waals surface area (Å²) in [5, 5.41) is 14.2. The zero-order valence-corrected chi connectivity index (χ0v) is 22.7. The van der Waals surface area contributed by atoms with Crippen LogP contribution in [0.1, 0.15) is 43.9 Å². The number of imidazole rings is 1. The van der Waals surface area contributed by atoms with Crippen LogP contribution in [0.25, 0.3) is 11.2 Å². The summed E-state index contributed by atoms with van der Waals surface area (Å²) < 4.78 is 39.0. The predicted octanol–water partition coefficient (Wildman–Crippen LogP) is 4.79. The van der Waals surface area contributed by atoms with Crippen molar-refractivity contribution in [3.8, 4) is 0 Å². The second-order valence-corrected chi connectivity index (χ2v) is 9.91. The first-order chi connectivity index (χ1) is 19.5. The first-order valence-corrected chi connectivity index (χ1v) is 13.1. The van der Waals surface area contributed by atoms with Crippen molar-refractivity contribution in [1.82, 2.24) is 19.5 Å². The number of halogens is 3. The van der Waals surface area contributed by atoms with Gasteiger partial charge >= 0.3 is 12.1 Å². The van der Waals surface area contributed by atoms with E-state index < -0.39 is 12.1 Å². The maximum Gasteiger partial charge on any atom is 0.490 e. The molecule has 3 aromatic heterocycles. The number of hydrogen-bond acceptors (Lipinski definition) is 9. The molecule has 5 N–H and O–H groups in total. The Morgan fingerprint density at radius 3 is 2.49 bits per heavy atom. The summed E-state index contributed by atoms with van der Waals surface area (Å²) in [5.41, 5.74) is 11.1. The second-order valence-electron chi connectivity index (χ2n) is 9.91. The van der Waals surface area contributed by atoms with Crippen molar-refractivity contribution in [2.24, 2.45) is 5.73 Å². The first-order valence-electron chi connectivity index (χ1n) is 13.1. The van der Waals surface area contributed by atoms with Crippen LogP contribution in [0.15, 0.2) is 53.6 Å². The molecule has 11 nitrogen and oxygen atoms in total. The lowest BCUT2D eigenvalue weighted by atomic mass is 10.1. The summed E-state index contributed by atoms with van der Waals surface area (Å²) in [6.07, 6.45) is 2.11. The molecular formula is C27H33F3N8O3. The number of furan rings is 1. The van der Waals surface area contributed by atoms with Crippen LogP contribution in [0.5, 0.6) is 0 Å². The highest BCUT2D eigenvalue weighted by Gasteiger charge is 2.38. The highest BCUT2D eigenvalue weighted by molar-refractivity contribution is 5.84. The summed E-state index contributed by atoms with van der Waals surface area (Å²) in [7, 11) is 0. The zero-order chi connectivity index (χ0) is 29.6. The fraction of sp³-hybridized carbons (Fsp3) is 0.407. The molecule has 0 unspecified atom stereocenters. The fourth-order valence-electron chi connectivity index (χ4n) is 4.26. The molecule has 1 saturated heterocycles. The van der Waals surface area contributed by atoms with Crippen LogP contribution in [0.3, 0.4) is 0 Å². The van der Waals surface area contributed by atoms with E-state index in [9.17, 15) is 13.2 Å². The van der Waals surface area contributed by atoms with Crippen LogP contribution in [0, 0.1) is 0 Å². The molecule has 1 aliphatic rings.